The van der Waals surface area contributed by atoms with E-state index in [-0.39, 0.29) is 42.0 Å². The summed E-state index contributed by atoms with van der Waals surface area (Å²) in [5, 5.41) is 19.1. The summed E-state index contributed by atoms with van der Waals surface area (Å²) < 4.78 is 13.6. The fourth-order valence-electron chi connectivity index (χ4n) is 2.39. The van der Waals surface area contributed by atoms with Gasteiger partial charge in [0, 0.05) is 29.6 Å². The van der Waals surface area contributed by atoms with Crippen LogP contribution in [0.4, 0.5) is 4.39 Å². The summed E-state index contributed by atoms with van der Waals surface area (Å²) in [6, 6.07) is 4.30. The maximum absolute atomic E-state index is 13.6. The first-order chi connectivity index (χ1) is 9.52. The van der Waals surface area contributed by atoms with Gasteiger partial charge in [-0.25, -0.2) is 4.39 Å². The van der Waals surface area contributed by atoms with Crippen molar-refractivity contribution < 1.29 is 19.4 Å². The lowest BCUT2D eigenvalue weighted by atomic mass is 9.95. The topological polar surface area (TPSA) is 60.8 Å². The Morgan fingerprint density at radius 2 is 2.25 bits per heavy atom. The first-order valence-corrected chi connectivity index (χ1v) is 6.90. The highest BCUT2D eigenvalue weighted by atomic mass is 35.5. The highest BCUT2D eigenvalue weighted by Gasteiger charge is 2.30. The molecule has 0 radical (unpaired) electrons. The lowest BCUT2D eigenvalue weighted by Gasteiger charge is -2.35. The number of aliphatic hydroxyl groups is 2. The highest BCUT2D eigenvalue weighted by Crippen LogP contribution is 2.22. The SMILES string of the molecule is O=C(Cc1c(F)cccc1Cl)N1CC[C@H](O)[C@H](CO)C1. The largest absolute Gasteiger partial charge is 0.396 e. The van der Waals surface area contributed by atoms with E-state index in [0.717, 1.165) is 0 Å². The lowest BCUT2D eigenvalue weighted by Crippen LogP contribution is -2.47. The molecule has 6 heteroatoms. The third-order valence-corrected chi connectivity index (χ3v) is 4.02. The molecule has 1 aliphatic rings. The quantitative estimate of drug-likeness (QED) is 0.882. The average Bonchev–Trinajstić information content (AvgIpc) is 2.43. The van der Waals surface area contributed by atoms with Crippen molar-refractivity contribution in [2.75, 3.05) is 19.7 Å². The predicted molar refractivity (Wildman–Crippen MR) is 72.9 cm³/mol. The Hall–Kier alpha value is -1.17. The first-order valence-electron chi connectivity index (χ1n) is 6.52. The molecule has 1 heterocycles. The molecular weight excluding hydrogens is 285 g/mol. The van der Waals surface area contributed by atoms with Gasteiger partial charge in [0.1, 0.15) is 5.82 Å². The van der Waals surface area contributed by atoms with Crippen LogP contribution in [-0.2, 0) is 11.2 Å². The number of benzene rings is 1. The van der Waals surface area contributed by atoms with Gasteiger partial charge in [-0.3, -0.25) is 4.79 Å². The summed E-state index contributed by atoms with van der Waals surface area (Å²) in [5.41, 5.74) is 0.186. The molecule has 20 heavy (non-hydrogen) atoms. The number of amides is 1. The normalized spacial score (nSPS) is 22.9. The molecule has 0 aliphatic carbocycles. The van der Waals surface area contributed by atoms with Crippen LogP contribution in [-0.4, -0.2) is 46.8 Å². The zero-order valence-electron chi connectivity index (χ0n) is 10.9. The molecule has 2 rings (SSSR count). The maximum atomic E-state index is 13.6. The van der Waals surface area contributed by atoms with Gasteiger partial charge < -0.3 is 15.1 Å². The van der Waals surface area contributed by atoms with E-state index >= 15 is 0 Å². The van der Waals surface area contributed by atoms with E-state index < -0.39 is 11.9 Å². The minimum atomic E-state index is -0.596. The number of rotatable bonds is 3. The molecule has 0 aromatic heterocycles. The van der Waals surface area contributed by atoms with Crippen LogP contribution in [0.3, 0.4) is 0 Å². The summed E-state index contributed by atoms with van der Waals surface area (Å²) in [4.78, 5) is 13.7. The zero-order valence-corrected chi connectivity index (χ0v) is 11.7. The molecule has 1 aromatic carbocycles. The standard InChI is InChI=1S/C14H17ClFNO3/c15-11-2-1-3-12(16)10(11)6-14(20)17-5-4-13(19)9(7-17)8-18/h1-3,9,13,18-19H,4-8H2/t9-,13-/m0/s1. The molecular formula is C14H17ClFNO3. The van der Waals surface area contributed by atoms with Crippen LogP contribution < -0.4 is 0 Å². The minimum Gasteiger partial charge on any atom is -0.396 e. The van der Waals surface area contributed by atoms with E-state index in [1.165, 1.54) is 17.0 Å². The molecule has 1 aromatic rings. The second-order valence-electron chi connectivity index (χ2n) is 5.02. The van der Waals surface area contributed by atoms with Crippen LogP contribution in [0.5, 0.6) is 0 Å². The number of carbonyl (C=O) groups is 1. The van der Waals surface area contributed by atoms with E-state index in [0.29, 0.717) is 13.0 Å². The number of halogens is 2. The van der Waals surface area contributed by atoms with Crippen molar-refractivity contribution >= 4 is 17.5 Å². The monoisotopic (exact) mass is 301 g/mol. The van der Waals surface area contributed by atoms with E-state index in [4.69, 9.17) is 16.7 Å². The van der Waals surface area contributed by atoms with Gasteiger partial charge in [0.15, 0.2) is 0 Å². The minimum absolute atomic E-state index is 0.111. The fraction of sp³-hybridized carbons (Fsp3) is 0.500. The van der Waals surface area contributed by atoms with Crippen LogP contribution in [0.25, 0.3) is 0 Å². The second-order valence-corrected chi connectivity index (χ2v) is 5.42. The van der Waals surface area contributed by atoms with Gasteiger partial charge in [-0.2, -0.15) is 0 Å². The Balaban J connectivity index is 2.05. The Bertz CT molecular complexity index is 477. The molecule has 1 aliphatic heterocycles. The van der Waals surface area contributed by atoms with Gasteiger partial charge in [-0.15, -0.1) is 0 Å². The lowest BCUT2D eigenvalue weighted by molar-refractivity contribution is -0.134. The molecule has 4 nitrogen and oxygen atoms in total. The summed E-state index contributed by atoms with van der Waals surface area (Å²) in [6.07, 6.45) is -0.289. The highest BCUT2D eigenvalue weighted by molar-refractivity contribution is 6.31. The summed E-state index contributed by atoms with van der Waals surface area (Å²) in [6.45, 7) is 0.510. The third kappa shape index (κ3) is 3.29. The molecule has 1 amide bonds. The van der Waals surface area contributed by atoms with Gasteiger partial charge in [-0.05, 0) is 18.6 Å². The Morgan fingerprint density at radius 1 is 1.50 bits per heavy atom. The molecule has 0 unspecified atom stereocenters. The molecule has 0 saturated carbocycles. The van der Waals surface area contributed by atoms with E-state index in [2.05, 4.69) is 0 Å². The number of nitrogens with zero attached hydrogens (tertiary/aromatic N) is 1. The van der Waals surface area contributed by atoms with Gasteiger partial charge in [0.05, 0.1) is 19.1 Å². The molecule has 110 valence electrons. The summed E-state index contributed by atoms with van der Waals surface area (Å²) >= 11 is 5.90. The summed E-state index contributed by atoms with van der Waals surface area (Å²) in [5.74, 6) is -1.09. The molecule has 0 bridgehead atoms. The molecule has 1 fully saturated rings. The molecule has 2 atom stereocenters. The van der Waals surface area contributed by atoms with Crippen molar-refractivity contribution in [1.29, 1.82) is 0 Å². The van der Waals surface area contributed by atoms with Gasteiger partial charge in [0.25, 0.3) is 0 Å². The molecule has 2 N–H and O–H groups in total. The zero-order chi connectivity index (χ0) is 14.7. The number of hydrogen-bond donors (Lipinski definition) is 2. The van der Waals surface area contributed by atoms with Crippen molar-refractivity contribution in [3.8, 4) is 0 Å². The Labute approximate surface area is 121 Å². The number of hydrogen-bond acceptors (Lipinski definition) is 3. The van der Waals surface area contributed by atoms with Crippen molar-refractivity contribution in [2.45, 2.75) is 18.9 Å². The molecule has 0 spiro atoms. The van der Waals surface area contributed by atoms with Crippen molar-refractivity contribution in [1.82, 2.24) is 4.90 Å². The number of likely N-dealkylation sites (tertiary alicyclic amines) is 1. The first kappa shape index (κ1) is 15.2. The Kier molecular flexibility index (Phi) is 4.96. The average molecular weight is 302 g/mol. The van der Waals surface area contributed by atoms with Gasteiger partial charge in [0.2, 0.25) is 5.91 Å². The predicted octanol–water partition coefficient (Wildman–Crippen LogP) is 1.22. The van der Waals surface area contributed by atoms with Crippen molar-refractivity contribution in [3.63, 3.8) is 0 Å². The van der Waals surface area contributed by atoms with Gasteiger partial charge >= 0.3 is 0 Å². The van der Waals surface area contributed by atoms with Crippen molar-refractivity contribution in [3.05, 3.63) is 34.6 Å². The Morgan fingerprint density at radius 3 is 2.90 bits per heavy atom. The number of aliphatic hydroxyl groups excluding tert-OH is 2. The van der Waals surface area contributed by atoms with E-state index in [1.54, 1.807) is 6.07 Å². The second kappa shape index (κ2) is 6.52. The fourth-order valence-corrected chi connectivity index (χ4v) is 2.62. The van der Waals surface area contributed by atoms with Gasteiger partial charge in [-0.1, -0.05) is 17.7 Å². The van der Waals surface area contributed by atoms with E-state index in [1.807, 2.05) is 0 Å². The van der Waals surface area contributed by atoms with Crippen LogP contribution in [0.15, 0.2) is 18.2 Å². The van der Waals surface area contributed by atoms with Crippen LogP contribution in [0.1, 0.15) is 12.0 Å². The van der Waals surface area contributed by atoms with E-state index in [9.17, 15) is 14.3 Å². The maximum Gasteiger partial charge on any atom is 0.227 e. The number of piperidine rings is 1. The molecule has 1 saturated heterocycles. The smallest absolute Gasteiger partial charge is 0.227 e. The van der Waals surface area contributed by atoms with Crippen LogP contribution >= 0.6 is 11.6 Å². The summed E-state index contributed by atoms with van der Waals surface area (Å²) in [7, 11) is 0. The van der Waals surface area contributed by atoms with Crippen LogP contribution in [0, 0.1) is 11.7 Å². The van der Waals surface area contributed by atoms with Crippen LogP contribution in [0.2, 0.25) is 5.02 Å². The third-order valence-electron chi connectivity index (χ3n) is 3.67. The number of carbonyl (C=O) groups excluding carboxylic acids is 1. The van der Waals surface area contributed by atoms with Crippen molar-refractivity contribution in [2.24, 2.45) is 5.92 Å².